The van der Waals surface area contributed by atoms with Crippen LogP contribution in [0.15, 0.2) is 36.5 Å². The minimum atomic E-state index is -1.07. The summed E-state index contributed by atoms with van der Waals surface area (Å²) >= 11 is 0. The largest absolute Gasteiger partial charge is 0.477 e. The Kier molecular flexibility index (Phi) is 3.98. The Labute approximate surface area is 124 Å². The summed E-state index contributed by atoms with van der Waals surface area (Å²) in [6, 6.07) is 9.13. The molecule has 0 atom stereocenters. The van der Waals surface area contributed by atoms with Crippen LogP contribution in [0.2, 0.25) is 0 Å². The Bertz CT molecular complexity index is 672. The van der Waals surface area contributed by atoms with E-state index in [1.54, 1.807) is 6.07 Å². The van der Waals surface area contributed by atoms with Crippen LogP contribution in [0.1, 0.15) is 42.4 Å². The van der Waals surface area contributed by atoms with Crippen molar-refractivity contribution in [3.63, 3.8) is 0 Å². The minimum Gasteiger partial charge on any atom is -0.477 e. The van der Waals surface area contributed by atoms with Crippen molar-refractivity contribution in [2.45, 2.75) is 33.1 Å². The Hall–Kier alpha value is -2.36. The molecule has 0 fully saturated rings. The molecular weight excluding hydrogens is 266 g/mol. The zero-order valence-corrected chi connectivity index (χ0v) is 12.7. The van der Waals surface area contributed by atoms with Crippen molar-refractivity contribution in [2.75, 3.05) is 0 Å². The fraction of sp³-hybridized carbons (Fsp3) is 0.294. The number of rotatable bonds is 3. The molecule has 0 unspecified atom stereocenters. The first-order valence-corrected chi connectivity index (χ1v) is 6.76. The average molecular weight is 285 g/mol. The van der Waals surface area contributed by atoms with Crippen molar-refractivity contribution < 1.29 is 14.6 Å². The zero-order valence-electron chi connectivity index (χ0n) is 12.7. The van der Waals surface area contributed by atoms with E-state index in [4.69, 9.17) is 9.84 Å². The van der Waals surface area contributed by atoms with Crippen LogP contribution >= 0.6 is 0 Å². The highest BCUT2D eigenvalue weighted by atomic mass is 16.5. The first-order chi connectivity index (χ1) is 9.77. The molecule has 0 amide bonds. The molecule has 1 N–H and O–H groups in total. The lowest BCUT2D eigenvalue weighted by molar-refractivity contribution is 0.0690. The van der Waals surface area contributed by atoms with Crippen LogP contribution in [-0.2, 0) is 5.41 Å². The first kappa shape index (κ1) is 15.0. The molecule has 4 heteroatoms. The topological polar surface area (TPSA) is 59.4 Å². The number of pyridine rings is 1. The Morgan fingerprint density at radius 1 is 1.19 bits per heavy atom. The maximum Gasteiger partial charge on any atom is 0.354 e. The maximum absolute atomic E-state index is 11.0. The van der Waals surface area contributed by atoms with E-state index in [0.717, 1.165) is 16.9 Å². The van der Waals surface area contributed by atoms with Crippen molar-refractivity contribution in [2.24, 2.45) is 0 Å². The van der Waals surface area contributed by atoms with Gasteiger partial charge in [0.15, 0.2) is 5.69 Å². The van der Waals surface area contributed by atoms with Gasteiger partial charge in [-0.1, -0.05) is 32.9 Å². The summed E-state index contributed by atoms with van der Waals surface area (Å²) in [6.45, 7) is 8.33. The van der Waals surface area contributed by atoms with Crippen LogP contribution in [0, 0.1) is 6.92 Å². The van der Waals surface area contributed by atoms with Gasteiger partial charge in [-0.15, -0.1) is 0 Å². The Balaban J connectivity index is 2.41. The maximum atomic E-state index is 11.0. The molecule has 2 aromatic rings. The van der Waals surface area contributed by atoms with Crippen LogP contribution < -0.4 is 4.74 Å². The van der Waals surface area contributed by atoms with E-state index in [1.807, 2.05) is 25.1 Å². The summed E-state index contributed by atoms with van der Waals surface area (Å²) in [5, 5.41) is 8.99. The van der Waals surface area contributed by atoms with Crippen molar-refractivity contribution >= 4 is 5.97 Å². The average Bonchev–Trinajstić information content (AvgIpc) is 2.37. The van der Waals surface area contributed by atoms with Crippen molar-refractivity contribution in [1.29, 1.82) is 0 Å². The number of ether oxygens (including phenoxy) is 1. The molecule has 0 spiro atoms. The van der Waals surface area contributed by atoms with E-state index in [2.05, 4.69) is 25.8 Å². The second-order valence-electron chi connectivity index (χ2n) is 6.03. The molecule has 1 heterocycles. The smallest absolute Gasteiger partial charge is 0.354 e. The summed E-state index contributed by atoms with van der Waals surface area (Å²) in [5.74, 6) is 0.143. The number of carboxylic acid groups (broad SMARTS) is 1. The summed E-state index contributed by atoms with van der Waals surface area (Å²) in [7, 11) is 0. The van der Waals surface area contributed by atoms with Crippen LogP contribution in [0.5, 0.6) is 11.5 Å². The SMILES string of the molecule is Cc1ccc(C(C)(C)C)c(Oc2ccnc(C(=O)O)c2)c1. The summed E-state index contributed by atoms with van der Waals surface area (Å²) in [5.41, 5.74) is 2.07. The van der Waals surface area contributed by atoms with E-state index in [9.17, 15) is 4.79 Å². The van der Waals surface area contributed by atoms with Gasteiger partial charge in [-0.3, -0.25) is 0 Å². The second kappa shape index (κ2) is 5.56. The molecule has 1 aromatic heterocycles. The van der Waals surface area contributed by atoms with Gasteiger partial charge in [0.05, 0.1) is 0 Å². The number of hydrogen-bond acceptors (Lipinski definition) is 3. The van der Waals surface area contributed by atoms with Gasteiger partial charge in [-0.2, -0.15) is 0 Å². The molecule has 1 aromatic carbocycles. The minimum absolute atomic E-state index is 0.0301. The van der Waals surface area contributed by atoms with Crippen LogP contribution in [0.25, 0.3) is 0 Å². The number of aromatic carboxylic acids is 1. The number of benzene rings is 1. The third-order valence-corrected chi connectivity index (χ3v) is 3.12. The van der Waals surface area contributed by atoms with Gasteiger partial charge >= 0.3 is 5.97 Å². The van der Waals surface area contributed by atoms with E-state index >= 15 is 0 Å². The van der Waals surface area contributed by atoms with Gasteiger partial charge in [-0.25, -0.2) is 9.78 Å². The molecule has 2 rings (SSSR count). The number of hydrogen-bond donors (Lipinski definition) is 1. The summed E-state index contributed by atoms with van der Waals surface area (Å²) in [4.78, 5) is 14.8. The molecular formula is C17H19NO3. The second-order valence-corrected chi connectivity index (χ2v) is 6.03. The Morgan fingerprint density at radius 3 is 2.52 bits per heavy atom. The van der Waals surface area contributed by atoms with Gasteiger partial charge in [-0.05, 0) is 30.0 Å². The third-order valence-electron chi connectivity index (χ3n) is 3.12. The van der Waals surface area contributed by atoms with Crippen molar-refractivity contribution in [3.8, 4) is 11.5 Å². The van der Waals surface area contributed by atoms with Gasteiger partial charge in [0.1, 0.15) is 11.5 Å². The van der Waals surface area contributed by atoms with Gasteiger partial charge in [0.2, 0.25) is 0 Å². The summed E-state index contributed by atoms with van der Waals surface area (Å²) in [6.07, 6.45) is 1.44. The molecule has 21 heavy (non-hydrogen) atoms. The monoisotopic (exact) mass is 285 g/mol. The molecule has 0 aliphatic carbocycles. The number of aryl methyl sites for hydroxylation is 1. The molecule has 110 valence electrons. The van der Waals surface area contributed by atoms with E-state index < -0.39 is 5.97 Å². The fourth-order valence-electron chi connectivity index (χ4n) is 2.05. The predicted molar refractivity (Wildman–Crippen MR) is 81.1 cm³/mol. The van der Waals surface area contributed by atoms with Crippen LogP contribution in [0.4, 0.5) is 0 Å². The molecule has 0 bridgehead atoms. The molecule has 0 saturated heterocycles. The highest BCUT2D eigenvalue weighted by Crippen LogP contribution is 2.34. The Morgan fingerprint density at radius 2 is 1.90 bits per heavy atom. The fourth-order valence-corrected chi connectivity index (χ4v) is 2.05. The molecule has 0 aliphatic heterocycles. The lowest BCUT2D eigenvalue weighted by Gasteiger charge is -2.23. The summed E-state index contributed by atoms with van der Waals surface area (Å²) < 4.78 is 5.90. The number of carbonyl (C=O) groups is 1. The molecule has 4 nitrogen and oxygen atoms in total. The third kappa shape index (κ3) is 3.60. The zero-order chi connectivity index (χ0) is 15.6. The first-order valence-electron chi connectivity index (χ1n) is 6.76. The van der Waals surface area contributed by atoms with Crippen LogP contribution in [0.3, 0.4) is 0 Å². The molecule has 0 aliphatic rings. The number of nitrogens with zero attached hydrogens (tertiary/aromatic N) is 1. The lowest BCUT2D eigenvalue weighted by atomic mass is 9.86. The normalized spacial score (nSPS) is 11.2. The molecule has 0 radical (unpaired) electrons. The predicted octanol–water partition coefficient (Wildman–Crippen LogP) is 4.18. The standard InChI is InChI=1S/C17H19NO3/c1-11-5-6-13(17(2,3)4)15(9-11)21-12-7-8-18-14(10-12)16(19)20/h5-10H,1-4H3,(H,19,20). The van der Waals surface area contributed by atoms with Gasteiger partial charge in [0.25, 0.3) is 0 Å². The van der Waals surface area contributed by atoms with Crippen LogP contribution in [-0.4, -0.2) is 16.1 Å². The van der Waals surface area contributed by atoms with E-state index in [1.165, 1.54) is 12.3 Å². The quantitative estimate of drug-likeness (QED) is 0.919. The van der Waals surface area contributed by atoms with E-state index in [0.29, 0.717) is 5.75 Å². The highest BCUT2D eigenvalue weighted by molar-refractivity contribution is 5.85. The number of carboxylic acids is 1. The number of aromatic nitrogens is 1. The molecule has 0 saturated carbocycles. The van der Waals surface area contributed by atoms with E-state index in [-0.39, 0.29) is 11.1 Å². The van der Waals surface area contributed by atoms with Gasteiger partial charge < -0.3 is 9.84 Å². The lowest BCUT2D eigenvalue weighted by Crippen LogP contribution is -2.12. The van der Waals surface area contributed by atoms with Gasteiger partial charge in [0, 0.05) is 17.8 Å². The highest BCUT2D eigenvalue weighted by Gasteiger charge is 2.19. The van der Waals surface area contributed by atoms with Crippen molar-refractivity contribution in [1.82, 2.24) is 4.98 Å². The van der Waals surface area contributed by atoms with Crippen molar-refractivity contribution in [3.05, 3.63) is 53.3 Å².